The summed E-state index contributed by atoms with van der Waals surface area (Å²) in [4.78, 5) is 18.3. The molecular formula is C26H24FN9O2. The van der Waals surface area contributed by atoms with Crippen molar-refractivity contribution in [3.05, 3.63) is 67.2 Å². The molecule has 6 rings (SSSR count). The highest BCUT2D eigenvalue weighted by molar-refractivity contribution is 5.68. The number of likely N-dealkylation sites (N-methyl/N-ethyl adjacent to an activating group) is 1. The third kappa shape index (κ3) is 4.57. The van der Waals surface area contributed by atoms with Crippen molar-refractivity contribution in [1.29, 1.82) is 0 Å². The minimum absolute atomic E-state index is 0.204. The zero-order valence-corrected chi connectivity index (χ0v) is 20.8. The smallest absolute Gasteiger partial charge is 0.247 e. The van der Waals surface area contributed by atoms with Gasteiger partial charge in [0, 0.05) is 49.7 Å². The Bertz CT molecular complexity index is 1560. The zero-order chi connectivity index (χ0) is 26.1. The molecule has 0 saturated carbocycles. The Balaban J connectivity index is 1.37. The van der Waals surface area contributed by atoms with Crippen LogP contribution in [0.4, 0.5) is 10.2 Å². The van der Waals surface area contributed by atoms with Crippen molar-refractivity contribution in [3.8, 4) is 45.7 Å². The lowest BCUT2D eigenvalue weighted by Gasteiger charge is -2.33. The van der Waals surface area contributed by atoms with Gasteiger partial charge in [-0.2, -0.15) is 5.10 Å². The average molecular weight is 514 g/mol. The van der Waals surface area contributed by atoms with Crippen molar-refractivity contribution < 1.29 is 13.5 Å². The summed E-state index contributed by atoms with van der Waals surface area (Å²) in [5.74, 6) is 1.91. The number of aromatic nitrogens is 7. The van der Waals surface area contributed by atoms with E-state index in [1.807, 2.05) is 18.3 Å². The first-order valence-corrected chi connectivity index (χ1v) is 12.0. The van der Waals surface area contributed by atoms with E-state index >= 15 is 0 Å². The van der Waals surface area contributed by atoms with Crippen LogP contribution in [-0.2, 0) is 0 Å². The second-order valence-corrected chi connectivity index (χ2v) is 8.86. The fraction of sp³-hybridized carbons (Fsp3) is 0.231. The van der Waals surface area contributed by atoms with E-state index in [0.717, 1.165) is 43.1 Å². The Labute approximate surface area is 217 Å². The minimum Gasteiger partial charge on any atom is -0.496 e. The molecule has 12 heteroatoms. The molecule has 38 heavy (non-hydrogen) atoms. The van der Waals surface area contributed by atoms with Gasteiger partial charge < -0.3 is 19.0 Å². The van der Waals surface area contributed by atoms with Crippen molar-refractivity contribution in [1.82, 2.24) is 39.8 Å². The van der Waals surface area contributed by atoms with Crippen LogP contribution in [0.1, 0.15) is 0 Å². The summed E-state index contributed by atoms with van der Waals surface area (Å²) in [6.45, 7) is 3.58. The van der Waals surface area contributed by atoms with Gasteiger partial charge in [0.1, 0.15) is 17.4 Å². The van der Waals surface area contributed by atoms with Gasteiger partial charge in [-0.1, -0.05) is 6.07 Å². The summed E-state index contributed by atoms with van der Waals surface area (Å²) in [6, 6.07) is 10.1. The number of pyridine rings is 1. The van der Waals surface area contributed by atoms with Crippen LogP contribution in [0.15, 0.2) is 65.8 Å². The Hall–Kier alpha value is -4.71. The summed E-state index contributed by atoms with van der Waals surface area (Å²) >= 11 is 0. The van der Waals surface area contributed by atoms with Crippen LogP contribution in [0.3, 0.4) is 0 Å². The van der Waals surface area contributed by atoms with E-state index in [-0.39, 0.29) is 11.4 Å². The van der Waals surface area contributed by atoms with Crippen LogP contribution in [0.5, 0.6) is 5.75 Å². The first kappa shape index (κ1) is 23.7. The predicted octanol–water partition coefficient (Wildman–Crippen LogP) is 3.34. The second-order valence-electron chi connectivity index (χ2n) is 8.86. The molecule has 11 nitrogen and oxygen atoms in total. The quantitative estimate of drug-likeness (QED) is 0.335. The number of anilines is 1. The molecule has 0 atom stereocenters. The highest BCUT2D eigenvalue weighted by atomic mass is 19.1. The van der Waals surface area contributed by atoms with E-state index in [9.17, 15) is 4.39 Å². The second kappa shape index (κ2) is 9.98. The van der Waals surface area contributed by atoms with Gasteiger partial charge >= 0.3 is 0 Å². The topological polar surface area (TPSA) is 111 Å². The molecule has 0 bridgehead atoms. The van der Waals surface area contributed by atoms with Gasteiger partial charge in [-0.25, -0.2) is 24.0 Å². The van der Waals surface area contributed by atoms with Crippen molar-refractivity contribution in [3.63, 3.8) is 0 Å². The number of rotatable bonds is 6. The third-order valence-corrected chi connectivity index (χ3v) is 6.42. The molecule has 1 saturated heterocycles. The van der Waals surface area contributed by atoms with Gasteiger partial charge in [0.15, 0.2) is 11.6 Å². The molecule has 1 aliphatic rings. The Kier molecular flexibility index (Phi) is 6.22. The van der Waals surface area contributed by atoms with E-state index < -0.39 is 5.82 Å². The predicted molar refractivity (Wildman–Crippen MR) is 137 cm³/mol. The van der Waals surface area contributed by atoms with Crippen LogP contribution in [0, 0.1) is 5.82 Å². The lowest BCUT2D eigenvalue weighted by atomic mass is 10.1. The maximum absolute atomic E-state index is 14.6. The number of hydrogen-bond donors (Lipinski definition) is 0. The largest absolute Gasteiger partial charge is 0.496 e. The fourth-order valence-electron chi connectivity index (χ4n) is 4.35. The summed E-state index contributed by atoms with van der Waals surface area (Å²) in [5.41, 5.74) is 2.25. The fourth-order valence-corrected chi connectivity index (χ4v) is 4.35. The van der Waals surface area contributed by atoms with E-state index in [0.29, 0.717) is 23.2 Å². The Morgan fingerprint density at radius 3 is 2.63 bits per heavy atom. The number of piperazine rings is 1. The van der Waals surface area contributed by atoms with E-state index in [4.69, 9.17) is 14.1 Å². The van der Waals surface area contributed by atoms with Gasteiger partial charge in [0.05, 0.1) is 24.6 Å². The number of halogens is 1. The maximum Gasteiger partial charge on any atom is 0.247 e. The molecule has 4 aromatic heterocycles. The number of methoxy groups -OCH3 is 1. The van der Waals surface area contributed by atoms with Crippen LogP contribution in [-0.4, -0.2) is 80.2 Å². The van der Waals surface area contributed by atoms with Crippen molar-refractivity contribution in [2.75, 3.05) is 45.2 Å². The van der Waals surface area contributed by atoms with E-state index in [1.165, 1.54) is 19.6 Å². The van der Waals surface area contributed by atoms with Gasteiger partial charge in [0.2, 0.25) is 12.3 Å². The van der Waals surface area contributed by atoms with E-state index in [2.05, 4.69) is 42.1 Å². The standard InChI is InChI=1S/C26H24FN9O2/c1-34-8-10-35(11-9-34)22-12-17(26-33-29-16-38-26)13-23(32-22)36-15-18(14-30-36)20-6-7-28-25(31-20)24-19(27)4-3-5-21(24)37-2/h3-7,12-16H,8-11H2,1-2H3. The molecule has 0 aliphatic carbocycles. The Morgan fingerprint density at radius 2 is 1.84 bits per heavy atom. The number of ether oxygens (including phenoxy) is 1. The van der Waals surface area contributed by atoms with Crippen LogP contribution < -0.4 is 9.64 Å². The lowest BCUT2D eigenvalue weighted by Crippen LogP contribution is -2.44. The van der Waals surface area contributed by atoms with Gasteiger partial charge in [-0.3, -0.25) is 0 Å². The Morgan fingerprint density at radius 1 is 1.00 bits per heavy atom. The number of hydrogen-bond acceptors (Lipinski definition) is 10. The number of benzene rings is 1. The average Bonchev–Trinajstić information content (AvgIpc) is 3.66. The molecule has 0 radical (unpaired) electrons. The van der Waals surface area contributed by atoms with Crippen LogP contribution in [0.2, 0.25) is 0 Å². The van der Waals surface area contributed by atoms with Crippen molar-refractivity contribution in [2.24, 2.45) is 0 Å². The first-order valence-electron chi connectivity index (χ1n) is 12.0. The molecule has 0 unspecified atom stereocenters. The number of nitrogens with zero attached hydrogens (tertiary/aromatic N) is 9. The highest BCUT2D eigenvalue weighted by Gasteiger charge is 2.20. The summed E-state index contributed by atoms with van der Waals surface area (Å²) < 4.78 is 27.1. The molecule has 0 amide bonds. The third-order valence-electron chi connectivity index (χ3n) is 6.42. The molecule has 192 valence electrons. The highest BCUT2D eigenvalue weighted by Crippen LogP contribution is 2.31. The lowest BCUT2D eigenvalue weighted by molar-refractivity contribution is 0.312. The molecule has 5 heterocycles. The normalized spacial score (nSPS) is 14.1. The monoisotopic (exact) mass is 513 g/mol. The maximum atomic E-state index is 14.6. The molecular weight excluding hydrogens is 489 g/mol. The summed E-state index contributed by atoms with van der Waals surface area (Å²) in [7, 11) is 3.59. The molecule has 5 aromatic rings. The van der Waals surface area contributed by atoms with Gasteiger partial charge in [-0.15, -0.1) is 10.2 Å². The summed E-state index contributed by atoms with van der Waals surface area (Å²) in [6.07, 6.45) is 6.38. The van der Waals surface area contributed by atoms with Gasteiger partial charge in [0.25, 0.3) is 0 Å². The summed E-state index contributed by atoms with van der Waals surface area (Å²) in [5, 5.41) is 12.4. The molecule has 1 aromatic carbocycles. The minimum atomic E-state index is -0.462. The SMILES string of the molecule is COc1cccc(F)c1-c1nccc(-c2cnn(-c3cc(-c4nnco4)cc(N4CCN(C)CC4)n3)c2)n1. The molecule has 0 spiro atoms. The van der Waals surface area contributed by atoms with E-state index in [1.54, 1.807) is 35.3 Å². The first-order chi connectivity index (χ1) is 18.6. The molecule has 1 fully saturated rings. The van der Waals surface area contributed by atoms with Gasteiger partial charge in [-0.05, 0) is 37.4 Å². The van der Waals surface area contributed by atoms with Crippen LogP contribution >= 0.6 is 0 Å². The van der Waals surface area contributed by atoms with Crippen LogP contribution in [0.25, 0.3) is 39.9 Å². The van der Waals surface area contributed by atoms with Crippen molar-refractivity contribution in [2.45, 2.75) is 0 Å². The molecule has 1 aliphatic heterocycles. The zero-order valence-electron chi connectivity index (χ0n) is 20.8. The van der Waals surface area contributed by atoms with Crippen molar-refractivity contribution >= 4 is 5.82 Å². The molecule has 0 N–H and O–H groups in total.